The largest absolute Gasteiger partial charge is 0.312 e. The molecule has 1 atom stereocenters. The average molecular weight is 326 g/mol. The topological polar surface area (TPSA) is 93.1 Å². The summed E-state index contributed by atoms with van der Waals surface area (Å²) in [5.74, 6) is -0.232. The molecule has 2 amide bonds. The van der Waals surface area contributed by atoms with E-state index < -0.39 is 11.9 Å². The minimum Gasteiger partial charge on any atom is -0.312 e. The van der Waals surface area contributed by atoms with Crippen molar-refractivity contribution in [2.45, 2.75) is 38.8 Å². The zero-order chi connectivity index (χ0) is 16.8. The van der Waals surface area contributed by atoms with Gasteiger partial charge in [-0.25, -0.2) is 4.98 Å². The van der Waals surface area contributed by atoms with Gasteiger partial charge in [0.2, 0.25) is 11.8 Å². The predicted octanol–water partition coefficient (Wildman–Crippen LogP) is 0.328. The van der Waals surface area contributed by atoms with Crippen LogP contribution in [0.3, 0.4) is 0 Å². The Morgan fingerprint density at radius 1 is 1.17 bits per heavy atom. The smallest absolute Gasteiger partial charge is 0.262 e. The van der Waals surface area contributed by atoms with Crippen LogP contribution in [0.25, 0.3) is 10.9 Å². The fourth-order valence-electron chi connectivity index (χ4n) is 3.58. The number of fused-ring (bicyclic) bond motifs is 2. The number of nitrogens with zero attached hydrogens (tertiary/aromatic N) is 2. The van der Waals surface area contributed by atoms with E-state index >= 15 is 0 Å². The van der Waals surface area contributed by atoms with E-state index in [1.807, 2.05) is 12.1 Å². The van der Waals surface area contributed by atoms with Gasteiger partial charge in [0.25, 0.3) is 5.56 Å². The van der Waals surface area contributed by atoms with Crippen molar-refractivity contribution < 1.29 is 9.59 Å². The molecule has 2 aromatic rings. The third-order valence-electron chi connectivity index (χ3n) is 4.81. The summed E-state index contributed by atoms with van der Waals surface area (Å²) in [5, 5.41) is 6.12. The van der Waals surface area contributed by atoms with Crippen LogP contribution in [0.4, 0.5) is 0 Å². The molecule has 0 bridgehead atoms. The molecule has 124 valence electrons. The van der Waals surface area contributed by atoms with Crippen LogP contribution in [0.1, 0.15) is 35.8 Å². The van der Waals surface area contributed by atoms with Gasteiger partial charge in [-0.1, -0.05) is 0 Å². The first-order valence-corrected chi connectivity index (χ1v) is 8.13. The number of hydrogen-bond acceptors (Lipinski definition) is 5. The Balaban J connectivity index is 1.89. The Kier molecular flexibility index (Phi) is 3.45. The van der Waals surface area contributed by atoms with E-state index in [0.29, 0.717) is 23.1 Å². The van der Waals surface area contributed by atoms with E-state index in [4.69, 9.17) is 0 Å². The van der Waals surface area contributed by atoms with E-state index in [1.165, 1.54) is 10.1 Å². The lowest BCUT2D eigenvalue weighted by Gasteiger charge is -2.25. The van der Waals surface area contributed by atoms with Crippen LogP contribution in [0.5, 0.6) is 0 Å². The lowest BCUT2D eigenvalue weighted by atomic mass is 9.98. The minimum atomic E-state index is -0.679. The van der Waals surface area contributed by atoms with Crippen LogP contribution in [0.2, 0.25) is 0 Å². The molecule has 7 heteroatoms. The molecule has 4 rings (SSSR count). The molecule has 0 spiro atoms. The van der Waals surface area contributed by atoms with Crippen LogP contribution >= 0.6 is 0 Å². The number of amides is 2. The van der Waals surface area contributed by atoms with E-state index in [-0.39, 0.29) is 17.9 Å². The molecule has 1 aromatic heterocycles. The lowest BCUT2D eigenvalue weighted by Crippen LogP contribution is -2.45. The Labute approximate surface area is 138 Å². The summed E-state index contributed by atoms with van der Waals surface area (Å²) in [6, 6.07) is 3.18. The van der Waals surface area contributed by atoms with Crippen molar-refractivity contribution >= 4 is 22.7 Å². The van der Waals surface area contributed by atoms with E-state index in [0.717, 1.165) is 25.1 Å². The number of aryl methyl sites for hydroxylation is 1. The van der Waals surface area contributed by atoms with Crippen molar-refractivity contribution in [1.82, 2.24) is 20.2 Å². The highest BCUT2D eigenvalue weighted by atomic mass is 16.2. The average Bonchev–Trinajstić information content (AvgIpc) is 2.55. The molecule has 1 unspecified atom stereocenters. The van der Waals surface area contributed by atoms with Gasteiger partial charge in [0.1, 0.15) is 11.9 Å². The molecular formula is C17H18N4O3. The molecule has 0 radical (unpaired) electrons. The number of aromatic nitrogens is 2. The van der Waals surface area contributed by atoms with Crippen molar-refractivity contribution in [3.05, 3.63) is 39.4 Å². The highest BCUT2D eigenvalue weighted by molar-refractivity contribution is 5.99. The number of rotatable bonds is 1. The van der Waals surface area contributed by atoms with Gasteiger partial charge in [-0.3, -0.25) is 24.3 Å². The highest BCUT2D eigenvalue weighted by Gasteiger charge is 2.30. The summed E-state index contributed by atoms with van der Waals surface area (Å²) in [4.78, 5) is 41.0. The standard InChI is InChI=1S/C17H18N4O3/c1-9-19-13-7-10-4-5-18-8-11(10)6-12(13)17(24)21(9)14-2-3-15(22)20-16(14)23/h6-7,14,18H,2-5,8H2,1H3,(H,20,22,23). The van der Waals surface area contributed by atoms with Gasteiger partial charge in [0.15, 0.2) is 0 Å². The molecule has 0 saturated carbocycles. The second kappa shape index (κ2) is 5.52. The number of nitrogens with one attached hydrogen (secondary N) is 2. The molecule has 7 nitrogen and oxygen atoms in total. The number of carbonyl (C=O) groups is 2. The van der Waals surface area contributed by atoms with E-state index in [1.54, 1.807) is 6.92 Å². The summed E-state index contributed by atoms with van der Waals surface area (Å²) in [7, 11) is 0. The van der Waals surface area contributed by atoms with E-state index in [2.05, 4.69) is 15.6 Å². The fraction of sp³-hybridized carbons (Fsp3) is 0.412. The van der Waals surface area contributed by atoms with Gasteiger partial charge in [-0.15, -0.1) is 0 Å². The van der Waals surface area contributed by atoms with Crippen molar-refractivity contribution in [1.29, 1.82) is 0 Å². The molecule has 2 aliphatic heterocycles. The maximum absolute atomic E-state index is 13.0. The highest BCUT2D eigenvalue weighted by Crippen LogP contribution is 2.23. The first kappa shape index (κ1) is 15.0. The predicted molar refractivity (Wildman–Crippen MR) is 87.6 cm³/mol. The molecule has 2 N–H and O–H groups in total. The quantitative estimate of drug-likeness (QED) is 0.737. The Bertz CT molecular complexity index is 932. The number of benzene rings is 1. The number of piperidine rings is 1. The second-order valence-electron chi connectivity index (χ2n) is 6.37. The number of imide groups is 1. The molecule has 1 saturated heterocycles. The number of hydrogen-bond donors (Lipinski definition) is 2. The molecule has 2 aliphatic rings. The molecule has 1 fully saturated rings. The SMILES string of the molecule is Cc1nc2cc3c(cc2c(=O)n1C1CCC(=O)NC1=O)CNCC3. The summed E-state index contributed by atoms with van der Waals surface area (Å²) >= 11 is 0. The third kappa shape index (κ3) is 2.32. The lowest BCUT2D eigenvalue weighted by molar-refractivity contribution is -0.135. The monoisotopic (exact) mass is 326 g/mol. The molecular weight excluding hydrogens is 308 g/mol. The van der Waals surface area contributed by atoms with Crippen molar-refractivity contribution in [2.24, 2.45) is 0 Å². The zero-order valence-corrected chi connectivity index (χ0v) is 13.4. The van der Waals surface area contributed by atoms with Crippen LogP contribution < -0.4 is 16.2 Å². The second-order valence-corrected chi connectivity index (χ2v) is 6.37. The Hall–Kier alpha value is -2.54. The van der Waals surface area contributed by atoms with Gasteiger partial charge in [-0.05, 0) is 49.6 Å². The first-order chi connectivity index (χ1) is 11.5. The van der Waals surface area contributed by atoms with E-state index in [9.17, 15) is 14.4 Å². The Morgan fingerprint density at radius 3 is 2.79 bits per heavy atom. The molecule has 0 aliphatic carbocycles. The molecule has 3 heterocycles. The molecule has 24 heavy (non-hydrogen) atoms. The first-order valence-electron chi connectivity index (χ1n) is 8.13. The summed E-state index contributed by atoms with van der Waals surface area (Å²) < 4.78 is 1.42. The fourth-order valence-corrected chi connectivity index (χ4v) is 3.58. The van der Waals surface area contributed by atoms with Gasteiger partial charge >= 0.3 is 0 Å². The molecule has 1 aromatic carbocycles. The maximum atomic E-state index is 13.0. The van der Waals surface area contributed by atoms with Crippen LogP contribution in [-0.4, -0.2) is 27.9 Å². The van der Waals surface area contributed by atoms with Gasteiger partial charge in [0, 0.05) is 13.0 Å². The summed E-state index contributed by atoms with van der Waals surface area (Å²) in [6.07, 6.45) is 1.47. The number of carbonyl (C=O) groups excluding carboxylic acids is 2. The van der Waals surface area contributed by atoms with Crippen molar-refractivity contribution in [2.75, 3.05) is 6.54 Å². The van der Waals surface area contributed by atoms with Gasteiger partial charge < -0.3 is 5.32 Å². The van der Waals surface area contributed by atoms with Crippen molar-refractivity contribution in [3.8, 4) is 0 Å². The van der Waals surface area contributed by atoms with Crippen LogP contribution in [0.15, 0.2) is 16.9 Å². The zero-order valence-electron chi connectivity index (χ0n) is 13.4. The van der Waals surface area contributed by atoms with Crippen LogP contribution in [0, 0.1) is 6.92 Å². The maximum Gasteiger partial charge on any atom is 0.262 e. The van der Waals surface area contributed by atoms with Gasteiger partial charge in [0.05, 0.1) is 10.9 Å². The normalized spacial score (nSPS) is 20.8. The Morgan fingerprint density at radius 2 is 2.00 bits per heavy atom. The summed E-state index contributed by atoms with van der Waals surface area (Å²) in [5.41, 5.74) is 2.76. The third-order valence-corrected chi connectivity index (χ3v) is 4.81. The van der Waals surface area contributed by atoms with Crippen LogP contribution in [-0.2, 0) is 22.6 Å². The van der Waals surface area contributed by atoms with Gasteiger partial charge in [-0.2, -0.15) is 0 Å². The summed E-state index contributed by atoms with van der Waals surface area (Å²) in [6.45, 7) is 3.38. The van der Waals surface area contributed by atoms with Crippen molar-refractivity contribution in [3.63, 3.8) is 0 Å². The minimum absolute atomic E-state index is 0.222.